The molecule has 3 heteroatoms. The van der Waals surface area contributed by atoms with Gasteiger partial charge < -0.3 is 5.11 Å². The number of carbonyl (C=O) groups is 1. The maximum Gasteiger partial charge on any atom is 0.311 e. The highest BCUT2D eigenvalue weighted by molar-refractivity contribution is 5.73. The normalized spacial score (nSPS) is 11.4. The average molecular weight is 121 g/mol. The van der Waals surface area contributed by atoms with Crippen LogP contribution in [0.3, 0.4) is 0 Å². The predicted octanol–water partition coefficient (Wildman–Crippen LogP) is 1.07. The van der Waals surface area contributed by atoms with Crippen LogP contribution in [-0.2, 0) is 4.79 Å². The molecule has 0 spiro atoms. The molecule has 2 nitrogen and oxygen atoms in total. The van der Waals surface area contributed by atoms with Crippen molar-refractivity contribution in [3.8, 4) is 0 Å². The lowest BCUT2D eigenvalue weighted by Gasteiger charge is -2.11. The molecule has 0 aromatic carbocycles. The SMILES string of the molecule is CC(C)(CF)[13C](=O)O. The van der Waals surface area contributed by atoms with Gasteiger partial charge in [0, 0.05) is 0 Å². The first-order chi connectivity index (χ1) is 3.50. The summed E-state index contributed by atoms with van der Waals surface area (Å²) < 4.78 is 11.6. The lowest BCUT2D eigenvalue weighted by molar-refractivity contribution is -0.147. The van der Waals surface area contributed by atoms with Gasteiger partial charge in [-0.15, -0.1) is 0 Å². The summed E-state index contributed by atoms with van der Waals surface area (Å²) in [4.78, 5) is 10.0. The fourth-order valence-electron chi connectivity index (χ4n) is 0.0572. The predicted molar refractivity (Wildman–Crippen MR) is 27.4 cm³/mol. The zero-order chi connectivity index (χ0) is 6.78. The molecule has 0 unspecified atom stereocenters. The Labute approximate surface area is 47.3 Å². The second kappa shape index (κ2) is 2.11. The van der Waals surface area contributed by atoms with E-state index in [0.717, 1.165) is 0 Å². The molecule has 0 aliphatic carbocycles. The highest BCUT2D eigenvalue weighted by Gasteiger charge is 2.26. The minimum absolute atomic E-state index is 0.817. The van der Waals surface area contributed by atoms with Crippen LogP contribution in [0.2, 0.25) is 0 Å². The summed E-state index contributed by atoms with van der Waals surface area (Å²) in [6.07, 6.45) is 0. The first kappa shape index (κ1) is 7.40. The number of rotatable bonds is 2. The molecule has 0 radical (unpaired) electrons. The summed E-state index contributed by atoms with van der Waals surface area (Å²) in [7, 11) is 0. The highest BCUT2D eigenvalue weighted by Crippen LogP contribution is 2.14. The van der Waals surface area contributed by atoms with E-state index in [1.165, 1.54) is 13.8 Å². The van der Waals surface area contributed by atoms with Crippen LogP contribution in [0.4, 0.5) is 4.39 Å². The van der Waals surface area contributed by atoms with E-state index in [0.29, 0.717) is 0 Å². The van der Waals surface area contributed by atoms with Crippen LogP contribution < -0.4 is 0 Å². The Balaban J connectivity index is 3.91. The van der Waals surface area contributed by atoms with Crippen LogP contribution in [0, 0.1) is 5.41 Å². The van der Waals surface area contributed by atoms with E-state index in [9.17, 15) is 9.18 Å². The molecule has 0 bridgehead atoms. The minimum Gasteiger partial charge on any atom is -0.481 e. The molecule has 0 heterocycles. The third-order valence-electron chi connectivity index (χ3n) is 0.913. The van der Waals surface area contributed by atoms with Crippen molar-refractivity contribution < 1.29 is 14.3 Å². The Morgan fingerprint density at radius 1 is 1.75 bits per heavy atom. The molecular weight excluding hydrogens is 112 g/mol. The molecule has 0 aliphatic rings. The molecule has 0 fully saturated rings. The van der Waals surface area contributed by atoms with Crippen LogP contribution in [0.15, 0.2) is 0 Å². The van der Waals surface area contributed by atoms with Gasteiger partial charge in [0.15, 0.2) is 0 Å². The van der Waals surface area contributed by atoms with Gasteiger partial charge in [0.05, 0.1) is 5.41 Å². The van der Waals surface area contributed by atoms with Crippen LogP contribution in [0.25, 0.3) is 0 Å². The molecule has 0 aliphatic heterocycles. The Morgan fingerprint density at radius 2 is 2.12 bits per heavy atom. The molecule has 0 aromatic rings. The average Bonchev–Trinajstić information content (AvgIpc) is 1.67. The maximum atomic E-state index is 11.6. The van der Waals surface area contributed by atoms with Gasteiger partial charge >= 0.3 is 5.97 Å². The van der Waals surface area contributed by atoms with Crippen molar-refractivity contribution in [2.75, 3.05) is 6.67 Å². The highest BCUT2D eigenvalue weighted by atomic mass is 19.1. The molecule has 0 aromatic heterocycles. The fraction of sp³-hybridized carbons (Fsp3) is 0.800. The molecular formula is C5H9FO2. The van der Waals surface area contributed by atoms with Crippen LogP contribution in [-0.4, -0.2) is 17.8 Å². The summed E-state index contributed by atoms with van der Waals surface area (Å²) in [6.45, 7) is 1.87. The van der Waals surface area contributed by atoms with Gasteiger partial charge in [-0.2, -0.15) is 0 Å². The minimum atomic E-state index is -1.21. The van der Waals surface area contributed by atoms with Crippen molar-refractivity contribution in [1.29, 1.82) is 0 Å². The largest absolute Gasteiger partial charge is 0.481 e. The molecule has 0 amide bonds. The summed E-state index contributed by atoms with van der Waals surface area (Å²) in [6, 6.07) is 0. The van der Waals surface area contributed by atoms with Gasteiger partial charge in [-0.05, 0) is 13.8 Å². The van der Waals surface area contributed by atoms with Crippen molar-refractivity contribution >= 4 is 5.97 Å². The molecule has 0 rings (SSSR count). The summed E-state index contributed by atoms with van der Waals surface area (Å²) in [5, 5.41) is 8.20. The van der Waals surface area contributed by atoms with E-state index in [2.05, 4.69) is 0 Å². The van der Waals surface area contributed by atoms with Crippen molar-refractivity contribution in [2.24, 2.45) is 5.41 Å². The quantitative estimate of drug-likeness (QED) is 0.555. The number of carboxylic acids is 1. The summed E-state index contributed by atoms with van der Waals surface area (Å²) >= 11 is 0. The molecule has 8 heavy (non-hydrogen) atoms. The van der Waals surface area contributed by atoms with Gasteiger partial charge in [0.25, 0.3) is 0 Å². The molecule has 0 saturated carbocycles. The Kier molecular flexibility index (Phi) is 1.95. The second-order valence-electron chi connectivity index (χ2n) is 2.32. The third kappa shape index (κ3) is 1.48. The smallest absolute Gasteiger partial charge is 0.311 e. The van der Waals surface area contributed by atoms with Crippen molar-refractivity contribution in [3.05, 3.63) is 0 Å². The Bertz CT molecular complexity index is 98.6. The summed E-state index contributed by atoms with van der Waals surface area (Å²) in [5.41, 5.74) is -1.21. The van der Waals surface area contributed by atoms with Gasteiger partial charge in [-0.1, -0.05) is 0 Å². The molecule has 0 saturated heterocycles. The lowest BCUT2D eigenvalue weighted by Crippen LogP contribution is -2.25. The third-order valence-corrected chi connectivity index (χ3v) is 0.913. The number of alkyl halides is 1. The van der Waals surface area contributed by atoms with Gasteiger partial charge in [0.1, 0.15) is 6.67 Å². The van der Waals surface area contributed by atoms with Crippen LogP contribution in [0.1, 0.15) is 13.8 Å². The molecule has 0 atom stereocenters. The standard InChI is InChI=1S/C5H9FO2/c1-5(2,3-6)4(7)8/h3H2,1-2H3,(H,7,8)/i4+1. The number of carboxylic acid groups (broad SMARTS) is 1. The number of hydrogen-bond acceptors (Lipinski definition) is 1. The molecule has 48 valence electrons. The van der Waals surface area contributed by atoms with Gasteiger partial charge in [0.2, 0.25) is 0 Å². The Hall–Kier alpha value is -0.600. The zero-order valence-electron chi connectivity index (χ0n) is 4.94. The second-order valence-corrected chi connectivity index (χ2v) is 2.32. The van der Waals surface area contributed by atoms with Crippen molar-refractivity contribution in [2.45, 2.75) is 13.8 Å². The number of hydrogen-bond donors (Lipinski definition) is 1. The van der Waals surface area contributed by atoms with E-state index in [1.807, 2.05) is 0 Å². The van der Waals surface area contributed by atoms with E-state index in [4.69, 9.17) is 5.11 Å². The number of halogens is 1. The van der Waals surface area contributed by atoms with E-state index >= 15 is 0 Å². The van der Waals surface area contributed by atoms with Crippen LogP contribution in [0.5, 0.6) is 0 Å². The Morgan fingerprint density at radius 3 is 2.12 bits per heavy atom. The first-order valence-electron chi connectivity index (χ1n) is 2.30. The van der Waals surface area contributed by atoms with Crippen LogP contribution >= 0.6 is 0 Å². The van der Waals surface area contributed by atoms with E-state index in [-0.39, 0.29) is 0 Å². The maximum absolute atomic E-state index is 11.6. The summed E-state index contributed by atoms with van der Waals surface area (Å²) in [5.74, 6) is -1.10. The lowest BCUT2D eigenvalue weighted by atomic mass is 10.1. The number of aliphatic carboxylic acids is 1. The zero-order valence-corrected chi connectivity index (χ0v) is 4.94. The molecule has 1 N–H and O–H groups in total. The van der Waals surface area contributed by atoms with E-state index < -0.39 is 18.1 Å². The van der Waals surface area contributed by atoms with Crippen molar-refractivity contribution in [1.82, 2.24) is 0 Å². The van der Waals surface area contributed by atoms with Gasteiger partial charge in [-0.3, -0.25) is 4.79 Å². The first-order valence-corrected chi connectivity index (χ1v) is 2.30. The monoisotopic (exact) mass is 121 g/mol. The van der Waals surface area contributed by atoms with E-state index in [1.54, 1.807) is 0 Å². The fourth-order valence-corrected chi connectivity index (χ4v) is 0.0572. The van der Waals surface area contributed by atoms with Gasteiger partial charge in [-0.25, -0.2) is 4.39 Å². The topological polar surface area (TPSA) is 37.3 Å². The van der Waals surface area contributed by atoms with Crippen molar-refractivity contribution in [3.63, 3.8) is 0 Å².